The number of para-hydroxylation sites is 2. The summed E-state index contributed by atoms with van der Waals surface area (Å²) in [6.45, 7) is 0. The topological polar surface area (TPSA) is 35.6 Å². The van der Waals surface area contributed by atoms with Crippen LogP contribution in [0.25, 0.3) is 88.9 Å². The molecular formula is C46H28F2N4. The number of rotatable bonds is 5. The Balaban J connectivity index is 1.32. The van der Waals surface area contributed by atoms with Crippen LogP contribution in [0.1, 0.15) is 0 Å². The molecule has 3 aromatic heterocycles. The summed E-state index contributed by atoms with van der Waals surface area (Å²) in [4.78, 5) is 10.4. The van der Waals surface area contributed by atoms with E-state index < -0.39 is 0 Å². The summed E-state index contributed by atoms with van der Waals surface area (Å²) in [7, 11) is 0. The van der Waals surface area contributed by atoms with E-state index in [9.17, 15) is 8.78 Å². The average molecular weight is 675 g/mol. The summed E-state index contributed by atoms with van der Waals surface area (Å²) < 4.78 is 33.8. The number of benzene rings is 7. The Bertz CT molecular complexity index is 2790. The van der Waals surface area contributed by atoms with Crippen molar-refractivity contribution >= 4 is 43.6 Å². The fourth-order valence-corrected chi connectivity index (χ4v) is 7.52. The van der Waals surface area contributed by atoms with Crippen molar-refractivity contribution in [1.82, 2.24) is 19.1 Å². The van der Waals surface area contributed by atoms with Gasteiger partial charge in [-0.3, -0.25) is 0 Å². The van der Waals surface area contributed by atoms with Gasteiger partial charge in [-0.15, -0.1) is 0 Å². The molecule has 0 bridgehead atoms. The van der Waals surface area contributed by atoms with Crippen molar-refractivity contribution in [2.45, 2.75) is 0 Å². The second-order valence-corrected chi connectivity index (χ2v) is 13.0. The quantitative estimate of drug-likeness (QED) is 0.182. The number of halogens is 2. The molecule has 0 fully saturated rings. The molecule has 0 N–H and O–H groups in total. The van der Waals surface area contributed by atoms with Crippen molar-refractivity contribution in [3.8, 4) is 45.3 Å². The van der Waals surface area contributed by atoms with Crippen molar-refractivity contribution in [3.05, 3.63) is 181 Å². The van der Waals surface area contributed by atoms with E-state index in [2.05, 4.69) is 63.7 Å². The monoisotopic (exact) mass is 674 g/mol. The van der Waals surface area contributed by atoms with E-state index in [1.54, 1.807) is 12.1 Å². The molecule has 7 aromatic carbocycles. The predicted molar refractivity (Wildman–Crippen MR) is 207 cm³/mol. The zero-order valence-corrected chi connectivity index (χ0v) is 27.7. The van der Waals surface area contributed by atoms with Gasteiger partial charge in [0.05, 0.1) is 33.5 Å². The summed E-state index contributed by atoms with van der Waals surface area (Å²) in [5.74, 6) is -0.0224. The Morgan fingerprint density at radius 1 is 0.346 bits per heavy atom. The minimum Gasteiger partial charge on any atom is -0.309 e. The van der Waals surface area contributed by atoms with E-state index >= 15 is 0 Å². The van der Waals surface area contributed by atoms with Crippen LogP contribution in [0.5, 0.6) is 0 Å². The fourth-order valence-electron chi connectivity index (χ4n) is 7.52. The highest BCUT2D eigenvalue weighted by Crippen LogP contribution is 2.38. The Labute approximate surface area is 297 Å². The first-order valence-electron chi connectivity index (χ1n) is 17.1. The van der Waals surface area contributed by atoms with Gasteiger partial charge in [0.15, 0.2) is 5.82 Å². The van der Waals surface area contributed by atoms with Gasteiger partial charge in [0.25, 0.3) is 0 Å². The first-order chi connectivity index (χ1) is 25.6. The van der Waals surface area contributed by atoms with Crippen LogP contribution in [0, 0.1) is 11.6 Å². The lowest BCUT2D eigenvalue weighted by molar-refractivity contribution is 0.629. The summed E-state index contributed by atoms with van der Waals surface area (Å²) in [5.41, 5.74) is 9.70. The van der Waals surface area contributed by atoms with E-state index in [0.717, 1.165) is 83.1 Å². The number of hydrogen-bond acceptors (Lipinski definition) is 2. The zero-order chi connectivity index (χ0) is 34.8. The second kappa shape index (κ2) is 11.9. The maximum atomic E-state index is 14.7. The number of fused-ring (bicyclic) bond motifs is 6. The third-order valence-electron chi connectivity index (χ3n) is 9.81. The third-order valence-corrected chi connectivity index (χ3v) is 9.81. The molecule has 246 valence electrons. The van der Waals surface area contributed by atoms with Gasteiger partial charge in [-0.2, -0.15) is 0 Å². The fraction of sp³-hybridized carbons (Fsp3) is 0. The smallest absolute Gasteiger partial charge is 0.160 e. The minimum absolute atomic E-state index is 0.290. The molecule has 4 nitrogen and oxygen atoms in total. The van der Waals surface area contributed by atoms with Gasteiger partial charge in [-0.25, -0.2) is 18.7 Å². The molecule has 10 rings (SSSR count). The molecule has 0 aliphatic heterocycles. The normalized spacial score (nSPS) is 11.7. The maximum absolute atomic E-state index is 14.7. The molecule has 0 atom stereocenters. The molecule has 0 aliphatic rings. The van der Waals surface area contributed by atoms with E-state index in [0.29, 0.717) is 5.82 Å². The molecule has 0 spiro atoms. The predicted octanol–water partition coefficient (Wildman–Crippen LogP) is 11.9. The van der Waals surface area contributed by atoms with E-state index in [1.165, 1.54) is 12.1 Å². The van der Waals surface area contributed by atoms with Crippen LogP contribution >= 0.6 is 0 Å². The van der Waals surface area contributed by atoms with Gasteiger partial charge in [0, 0.05) is 49.6 Å². The van der Waals surface area contributed by atoms with Crippen molar-refractivity contribution in [3.63, 3.8) is 0 Å². The molecule has 52 heavy (non-hydrogen) atoms. The lowest BCUT2D eigenvalue weighted by Crippen LogP contribution is -2.02. The standard InChI is InChI=1S/C46H28F2N4/c47-32-19-21-44-38(25-32)36-15-7-9-17-42(36)51(44)34-23-31(24-35(27-34)52-43-18-10-8-16-37(43)39-26-33(48)20-22-45(39)52)46-49-40(29-11-3-1-4-12-29)28-41(50-46)30-13-5-2-6-14-30/h1-28H. The molecule has 0 saturated heterocycles. The van der Waals surface area contributed by atoms with Crippen molar-refractivity contribution in [1.29, 1.82) is 0 Å². The number of nitrogens with zero attached hydrogens (tertiary/aromatic N) is 4. The molecule has 10 aromatic rings. The molecule has 0 amide bonds. The number of hydrogen-bond donors (Lipinski definition) is 0. The van der Waals surface area contributed by atoms with E-state index in [-0.39, 0.29) is 11.6 Å². The van der Waals surface area contributed by atoms with E-state index in [4.69, 9.17) is 9.97 Å². The highest BCUT2D eigenvalue weighted by molar-refractivity contribution is 6.10. The lowest BCUT2D eigenvalue weighted by atomic mass is 10.1. The van der Waals surface area contributed by atoms with Crippen molar-refractivity contribution in [2.24, 2.45) is 0 Å². The lowest BCUT2D eigenvalue weighted by Gasteiger charge is -2.16. The van der Waals surface area contributed by atoms with Crippen LogP contribution in [0.4, 0.5) is 8.78 Å². The Morgan fingerprint density at radius 3 is 1.25 bits per heavy atom. The highest BCUT2D eigenvalue weighted by atomic mass is 19.1. The van der Waals surface area contributed by atoms with Crippen LogP contribution < -0.4 is 0 Å². The van der Waals surface area contributed by atoms with E-state index in [1.807, 2.05) is 91.0 Å². The van der Waals surface area contributed by atoms with Gasteiger partial charge >= 0.3 is 0 Å². The van der Waals surface area contributed by atoms with Crippen LogP contribution in [-0.4, -0.2) is 19.1 Å². The molecule has 0 unspecified atom stereocenters. The highest BCUT2D eigenvalue weighted by Gasteiger charge is 2.19. The van der Waals surface area contributed by atoms with Crippen LogP contribution in [0.2, 0.25) is 0 Å². The van der Waals surface area contributed by atoms with Crippen molar-refractivity contribution in [2.75, 3.05) is 0 Å². The zero-order valence-electron chi connectivity index (χ0n) is 27.7. The summed E-state index contributed by atoms with van der Waals surface area (Å²) in [6.07, 6.45) is 0. The Kier molecular flexibility index (Phi) is 6.83. The first-order valence-corrected chi connectivity index (χ1v) is 17.1. The summed E-state index contributed by atoms with van der Waals surface area (Å²) >= 11 is 0. The molecule has 6 heteroatoms. The summed E-state index contributed by atoms with van der Waals surface area (Å²) in [5, 5.41) is 3.54. The molecule has 0 aliphatic carbocycles. The largest absolute Gasteiger partial charge is 0.309 e. The molecule has 0 radical (unpaired) electrons. The third kappa shape index (κ3) is 4.88. The SMILES string of the molecule is Fc1ccc2c(c1)c1ccccc1n2-c1cc(-c2nc(-c3ccccc3)cc(-c3ccccc3)n2)cc(-n2c3ccccc3c3cc(F)ccc32)c1. The Morgan fingerprint density at radius 2 is 0.769 bits per heavy atom. The van der Waals surface area contributed by atoms with Gasteiger partial charge in [0.1, 0.15) is 11.6 Å². The van der Waals surface area contributed by atoms with Crippen molar-refractivity contribution < 1.29 is 8.78 Å². The molecule has 3 heterocycles. The average Bonchev–Trinajstić information content (AvgIpc) is 3.70. The van der Waals surface area contributed by atoms with Gasteiger partial charge in [-0.1, -0.05) is 97.1 Å². The number of aromatic nitrogens is 4. The second-order valence-electron chi connectivity index (χ2n) is 13.0. The summed E-state index contributed by atoms with van der Waals surface area (Å²) in [6, 6.07) is 54.6. The van der Waals surface area contributed by atoms with Gasteiger partial charge in [0.2, 0.25) is 0 Å². The van der Waals surface area contributed by atoms with Gasteiger partial charge < -0.3 is 9.13 Å². The first kappa shape index (κ1) is 29.9. The molecular weight excluding hydrogens is 647 g/mol. The van der Waals surface area contributed by atoms with Gasteiger partial charge in [-0.05, 0) is 72.8 Å². The van der Waals surface area contributed by atoms with Crippen LogP contribution in [-0.2, 0) is 0 Å². The van der Waals surface area contributed by atoms with Crippen LogP contribution in [0.15, 0.2) is 170 Å². The maximum Gasteiger partial charge on any atom is 0.160 e. The van der Waals surface area contributed by atoms with Crippen LogP contribution in [0.3, 0.4) is 0 Å². The molecule has 0 saturated carbocycles. The Hall–Kier alpha value is -6.92. The minimum atomic E-state index is -0.290.